The third-order valence-electron chi connectivity index (χ3n) is 3.64. The number of allylic oxidation sites excluding steroid dienone is 10. The molecule has 0 aromatic carbocycles. The molecule has 128 valence electrons. The van der Waals surface area contributed by atoms with Gasteiger partial charge in [0.1, 0.15) is 6.23 Å². The van der Waals surface area contributed by atoms with E-state index in [9.17, 15) is 0 Å². The van der Waals surface area contributed by atoms with E-state index in [-0.39, 0.29) is 6.23 Å². The molecule has 2 heteroatoms. The molecule has 1 rings (SSSR count). The molecule has 0 aliphatic carbocycles. The van der Waals surface area contributed by atoms with E-state index < -0.39 is 0 Å². The minimum absolute atomic E-state index is 0.0170. The monoisotopic (exact) mass is 315 g/mol. The summed E-state index contributed by atoms with van der Waals surface area (Å²) in [5, 5.41) is 0. The van der Waals surface area contributed by atoms with Gasteiger partial charge in [0.05, 0.1) is 6.10 Å². The molecule has 1 heterocycles. The Morgan fingerprint density at radius 1 is 0.739 bits per heavy atom. The van der Waals surface area contributed by atoms with Crippen LogP contribution in [0.4, 0.5) is 0 Å². The molecule has 0 amide bonds. The van der Waals surface area contributed by atoms with Crippen molar-refractivity contribution in [1.29, 1.82) is 0 Å². The lowest BCUT2D eigenvalue weighted by Gasteiger charge is -1.91. The molecule has 1 aliphatic rings. The molecule has 0 aromatic heterocycles. The van der Waals surface area contributed by atoms with E-state index >= 15 is 0 Å². The van der Waals surface area contributed by atoms with Crippen molar-refractivity contribution < 1.29 is 4.74 Å². The average molecular weight is 316 g/mol. The maximum atomic E-state index is 5.58. The molecule has 23 heavy (non-hydrogen) atoms. The van der Waals surface area contributed by atoms with Gasteiger partial charge in [-0.05, 0) is 51.4 Å². The summed E-state index contributed by atoms with van der Waals surface area (Å²) in [5.74, 6) is 0. The average Bonchev–Trinajstić information content (AvgIpc) is 3.26. The first kappa shape index (κ1) is 19.7. The molecule has 0 aromatic rings. The summed E-state index contributed by atoms with van der Waals surface area (Å²) >= 11 is 0. The summed E-state index contributed by atoms with van der Waals surface area (Å²) in [6, 6.07) is 0. The minimum Gasteiger partial charge on any atom is -0.353 e. The van der Waals surface area contributed by atoms with Crippen LogP contribution in [0, 0.1) is 0 Å². The molecule has 0 spiro atoms. The maximum absolute atomic E-state index is 5.58. The van der Waals surface area contributed by atoms with Crippen LogP contribution in [0.5, 0.6) is 0 Å². The zero-order valence-electron chi connectivity index (χ0n) is 14.6. The Morgan fingerprint density at radius 3 is 1.61 bits per heavy atom. The Morgan fingerprint density at radius 2 is 1.17 bits per heavy atom. The number of unbranched alkanes of at least 4 members (excludes halogenated alkanes) is 1. The highest BCUT2D eigenvalue weighted by molar-refractivity contribution is 5.00. The zero-order valence-corrected chi connectivity index (χ0v) is 14.6. The Balaban J connectivity index is 1.87. The topological polar surface area (TPSA) is 38.5 Å². The van der Waals surface area contributed by atoms with Crippen molar-refractivity contribution in [1.82, 2.24) is 0 Å². The van der Waals surface area contributed by atoms with Crippen LogP contribution < -0.4 is 5.73 Å². The first-order valence-electron chi connectivity index (χ1n) is 9.00. The number of hydrogen-bond donors (Lipinski definition) is 1. The van der Waals surface area contributed by atoms with E-state index in [4.69, 9.17) is 10.5 Å². The van der Waals surface area contributed by atoms with Crippen LogP contribution in [-0.2, 0) is 4.74 Å². The molecule has 1 fully saturated rings. The molecule has 0 saturated carbocycles. The van der Waals surface area contributed by atoms with Crippen molar-refractivity contribution in [3.05, 3.63) is 60.8 Å². The Bertz CT molecular complexity index is 418. The molecule has 2 atom stereocenters. The van der Waals surface area contributed by atoms with Gasteiger partial charge in [-0.25, -0.2) is 0 Å². The van der Waals surface area contributed by atoms with Crippen molar-refractivity contribution in [3.63, 3.8) is 0 Å². The van der Waals surface area contributed by atoms with Crippen LogP contribution >= 0.6 is 0 Å². The SMILES string of the molecule is CC/C=C\C/C=C\C/C=C\C/C=C\C/C=C\CCCC1OC1N. The van der Waals surface area contributed by atoms with E-state index in [1.54, 1.807) is 0 Å². The van der Waals surface area contributed by atoms with Gasteiger partial charge in [-0.15, -0.1) is 0 Å². The smallest absolute Gasteiger partial charge is 0.132 e. The maximum Gasteiger partial charge on any atom is 0.132 e. The molecule has 2 unspecified atom stereocenters. The molecule has 2 N–H and O–H groups in total. The second kappa shape index (κ2) is 14.2. The molecular weight excluding hydrogens is 282 g/mol. The van der Waals surface area contributed by atoms with Crippen molar-refractivity contribution in [2.45, 2.75) is 70.6 Å². The normalized spacial score (nSPS) is 21.8. The summed E-state index contributed by atoms with van der Waals surface area (Å²) < 4.78 is 5.17. The van der Waals surface area contributed by atoms with E-state index in [2.05, 4.69) is 67.7 Å². The van der Waals surface area contributed by atoms with Crippen LogP contribution in [-0.4, -0.2) is 12.3 Å². The minimum atomic E-state index is 0.0170. The Labute approximate surface area is 142 Å². The Hall–Kier alpha value is -1.38. The van der Waals surface area contributed by atoms with Gasteiger partial charge in [0.15, 0.2) is 0 Å². The summed E-state index contributed by atoms with van der Waals surface area (Å²) in [6.45, 7) is 2.16. The third kappa shape index (κ3) is 12.8. The number of epoxide rings is 1. The lowest BCUT2D eigenvalue weighted by atomic mass is 10.2. The van der Waals surface area contributed by atoms with Gasteiger partial charge in [0, 0.05) is 0 Å². The molecule has 1 aliphatic heterocycles. The highest BCUT2D eigenvalue weighted by Gasteiger charge is 2.33. The first-order valence-corrected chi connectivity index (χ1v) is 9.00. The third-order valence-corrected chi connectivity index (χ3v) is 3.64. The van der Waals surface area contributed by atoms with Crippen LogP contribution in [0.15, 0.2) is 60.8 Å². The van der Waals surface area contributed by atoms with Gasteiger partial charge < -0.3 is 10.5 Å². The molecule has 1 saturated heterocycles. The number of ether oxygens (including phenoxy) is 1. The Kier molecular flexibility index (Phi) is 12.2. The fraction of sp³-hybridized carbons (Fsp3) is 0.524. The highest BCUT2D eigenvalue weighted by Crippen LogP contribution is 2.22. The predicted molar refractivity (Wildman–Crippen MR) is 101 cm³/mol. The molecule has 0 bridgehead atoms. The van der Waals surface area contributed by atoms with Gasteiger partial charge >= 0.3 is 0 Å². The lowest BCUT2D eigenvalue weighted by molar-refractivity contribution is 0.363. The van der Waals surface area contributed by atoms with E-state index in [1.807, 2.05) is 0 Å². The highest BCUT2D eigenvalue weighted by atomic mass is 16.6. The number of rotatable bonds is 13. The predicted octanol–water partition coefficient (Wildman–Crippen LogP) is 5.59. The van der Waals surface area contributed by atoms with Gasteiger partial charge in [0.25, 0.3) is 0 Å². The molecule has 2 nitrogen and oxygen atoms in total. The number of hydrogen-bond acceptors (Lipinski definition) is 2. The zero-order chi connectivity index (χ0) is 16.6. The van der Waals surface area contributed by atoms with Crippen LogP contribution in [0.3, 0.4) is 0 Å². The van der Waals surface area contributed by atoms with Gasteiger partial charge in [-0.3, -0.25) is 0 Å². The lowest BCUT2D eigenvalue weighted by Crippen LogP contribution is -2.04. The van der Waals surface area contributed by atoms with Crippen molar-refractivity contribution in [3.8, 4) is 0 Å². The van der Waals surface area contributed by atoms with Crippen LogP contribution in [0.25, 0.3) is 0 Å². The molecular formula is C21H33NO. The van der Waals surface area contributed by atoms with E-state index in [0.717, 1.165) is 44.9 Å². The van der Waals surface area contributed by atoms with Crippen LogP contribution in [0.1, 0.15) is 58.3 Å². The fourth-order valence-corrected chi connectivity index (χ4v) is 2.19. The standard InChI is InChI=1S/C21H33NO/c1-2-3-4-5-6-7-8-9-10-11-12-13-14-15-16-17-18-19-20-21(22)23-20/h3-4,6-7,9-10,12-13,15-16,20-21H,2,5,8,11,14,17-19,22H2,1H3/b4-3-,7-6-,10-9-,13-12-,16-15-. The summed E-state index contributed by atoms with van der Waals surface area (Å²) in [4.78, 5) is 0. The summed E-state index contributed by atoms with van der Waals surface area (Å²) in [6.07, 6.45) is 31.3. The first-order chi connectivity index (χ1) is 11.3. The van der Waals surface area contributed by atoms with E-state index in [1.165, 1.54) is 6.42 Å². The fourth-order valence-electron chi connectivity index (χ4n) is 2.19. The largest absolute Gasteiger partial charge is 0.353 e. The summed E-state index contributed by atoms with van der Waals surface area (Å²) in [7, 11) is 0. The molecule has 0 radical (unpaired) electrons. The van der Waals surface area contributed by atoms with Crippen molar-refractivity contribution in [2.24, 2.45) is 5.73 Å². The van der Waals surface area contributed by atoms with E-state index in [0.29, 0.717) is 6.10 Å². The second-order valence-corrected chi connectivity index (χ2v) is 5.78. The summed E-state index contributed by atoms with van der Waals surface area (Å²) in [5.41, 5.74) is 5.58. The van der Waals surface area contributed by atoms with Crippen molar-refractivity contribution in [2.75, 3.05) is 0 Å². The number of nitrogens with two attached hydrogens (primary N) is 1. The van der Waals surface area contributed by atoms with Crippen LogP contribution in [0.2, 0.25) is 0 Å². The quantitative estimate of drug-likeness (QED) is 0.273. The van der Waals surface area contributed by atoms with Gasteiger partial charge in [-0.1, -0.05) is 67.7 Å². The second-order valence-electron chi connectivity index (χ2n) is 5.78. The van der Waals surface area contributed by atoms with Gasteiger partial charge in [0.2, 0.25) is 0 Å². The van der Waals surface area contributed by atoms with Gasteiger partial charge in [-0.2, -0.15) is 0 Å². The van der Waals surface area contributed by atoms with Crippen molar-refractivity contribution >= 4 is 0 Å².